The zero-order chi connectivity index (χ0) is 17.1. The average molecular weight is 409 g/mol. The summed E-state index contributed by atoms with van der Waals surface area (Å²) in [7, 11) is 0. The van der Waals surface area contributed by atoms with Gasteiger partial charge in [0.1, 0.15) is 0 Å². The number of carbonyl (C=O) groups excluding carboxylic acids is 1. The molecule has 0 fully saturated rings. The summed E-state index contributed by atoms with van der Waals surface area (Å²) >= 11 is 2.51. The Morgan fingerprint density at radius 3 is 1.76 bits per heavy atom. The van der Waals surface area contributed by atoms with E-state index in [9.17, 15) is 4.79 Å². The van der Waals surface area contributed by atoms with Gasteiger partial charge < -0.3 is 5.32 Å². The number of hydrogen-bond donors (Lipinski definition) is 1. The Hall–Kier alpha value is 0.200. The quantitative estimate of drug-likeness (QED) is 0.403. The number of halogens is 1. The van der Waals surface area contributed by atoms with E-state index in [2.05, 4.69) is 90.2 Å². The predicted octanol–water partition coefficient (Wildman–Crippen LogP) is 5.73. The van der Waals surface area contributed by atoms with Crippen LogP contribution in [0.4, 0.5) is 0 Å². The summed E-state index contributed by atoms with van der Waals surface area (Å²) in [6.07, 6.45) is 4.09. The van der Waals surface area contributed by atoms with Crippen LogP contribution in [0.15, 0.2) is 0 Å². The fraction of sp³-hybridized carbons (Fsp3) is 0.944. The fourth-order valence-corrected chi connectivity index (χ4v) is 3.92. The largest absolute Gasteiger partial charge is 0.351 e. The van der Waals surface area contributed by atoms with Gasteiger partial charge in [-0.3, -0.25) is 4.79 Å². The molecule has 0 aromatic heterocycles. The van der Waals surface area contributed by atoms with Crippen molar-refractivity contribution in [1.29, 1.82) is 0 Å². The molecule has 0 saturated heterocycles. The van der Waals surface area contributed by atoms with Gasteiger partial charge >= 0.3 is 0 Å². The summed E-state index contributed by atoms with van der Waals surface area (Å²) < 4.78 is 0.224. The van der Waals surface area contributed by atoms with Gasteiger partial charge in [0.25, 0.3) is 0 Å². The first-order valence-electron chi connectivity index (χ1n) is 8.18. The first kappa shape index (κ1) is 21.2. The van der Waals surface area contributed by atoms with Gasteiger partial charge in [0.15, 0.2) is 0 Å². The molecule has 1 atom stereocenters. The van der Waals surface area contributed by atoms with E-state index in [-0.39, 0.29) is 25.7 Å². The minimum absolute atomic E-state index is 0.170. The Bertz CT molecular complexity index is 356. The molecule has 0 aromatic carbocycles. The van der Waals surface area contributed by atoms with Crippen molar-refractivity contribution < 1.29 is 4.79 Å². The van der Waals surface area contributed by atoms with Gasteiger partial charge in [-0.1, -0.05) is 77.5 Å². The van der Waals surface area contributed by atoms with E-state index in [0.29, 0.717) is 0 Å². The summed E-state index contributed by atoms with van der Waals surface area (Å²) in [6.45, 7) is 19.6. The molecule has 126 valence electrons. The molecule has 0 aliphatic carbocycles. The summed E-state index contributed by atoms with van der Waals surface area (Å²) in [4.78, 5) is 12.7. The number of hydrogen-bond acceptors (Lipinski definition) is 1. The maximum absolute atomic E-state index is 12.7. The highest BCUT2D eigenvalue weighted by atomic mass is 127. The smallest absolute Gasteiger partial charge is 0.226 e. The van der Waals surface area contributed by atoms with Gasteiger partial charge in [0.2, 0.25) is 5.91 Å². The molecular weight excluding hydrogens is 373 g/mol. The summed E-state index contributed by atoms with van der Waals surface area (Å²) in [5, 5.41) is 3.29. The lowest BCUT2D eigenvalue weighted by Gasteiger charge is -2.39. The van der Waals surface area contributed by atoms with Crippen LogP contribution in [0.3, 0.4) is 0 Å². The van der Waals surface area contributed by atoms with Crippen LogP contribution < -0.4 is 5.32 Å². The minimum Gasteiger partial charge on any atom is -0.351 e. The lowest BCUT2D eigenvalue weighted by molar-refractivity contribution is -0.132. The van der Waals surface area contributed by atoms with Crippen molar-refractivity contribution in [3.05, 3.63) is 0 Å². The monoisotopic (exact) mass is 409 g/mol. The molecule has 2 nitrogen and oxygen atoms in total. The molecule has 21 heavy (non-hydrogen) atoms. The van der Waals surface area contributed by atoms with Crippen LogP contribution in [-0.2, 0) is 4.79 Å². The van der Waals surface area contributed by atoms with E-state index >= 15 is 0 Å². The predicted molar refractivity (Wildman–Crippen MR) is 102 cm³/mol. The van der Waals surface area contributed by atoms with Crippen LogP contribution in [0, 0.1) is 10.8 Å². The second kappa shape index (κ2) is 7.18. The topological polar surface area (TPSA) is 29.1 Å². The Morgan fingerprint density at radius 1 is 0.905 bits per heavy atom. The van der Waals surface area contributed by atoms with E-state index in [1.807, 2.05) is 0 Å². The second-order valence-electron chi connectivity index (χ2n) is 8.86. The lowest BCUT2D eigenvalue weighted by Crippen LogP contribution is -2.51. The van der Waals surface area contributed by atoms with Crippen LogP contribution in [0.2, 0.25) is 0 Å². The maximum Gasteiger partial charge on any atom is 0.226 e. The first-order valence-corrected chi connectivity index (χ1v) is 9.26. The first-order chi connectivity index (χ1) is 9.16. The lowest BCUT2D eigenvalue weighted by atomic mass is 9.73. The molecule has 0 aliphatic rings. The van der Waals surface area contributed by atoms with Crippen molar-refractivity contribution in [3.8, 4) is 0 Å². The minimum atomic E-state index is -0.329. The summed E-state index contributed by atoms with van der Waals surface area (Å²) in [6, 6.07) is 0. The van der Waals surface area contributed by atoms with Crippen LogP contribution in [0.25, 0.3) is 0 Å². The number of alkyl halides is 1. The van der Waals surface area contributed by atoms with Gasteiger partial charge in [-0.15, -0.1) is 0 Å². The molecule has 0 bridgehead atoms. The summed E-state index contributed by atoms with van der Waals surface area (Å²) in [5.41, 5.74) is -0.298. The van der Waals surface area contributed by atoms with Crippen molar-refractivity contribution in [2.75, 3.05) is 0 Å². The van der Waals surface area contributed by atoms with Crippen molar-refractivity contribution >= 4 is 28.5 Å². The Balaban J connectivity index is 4.87. The van der Waals surface area contributed by atoms with E-state index in [4.69, 9.17) is 0 Å². The average Bonchev–Trinajstić information content (AvgIpc) is 2.25. The molecule has 0 heterocycles. The highest BCUT2D eigenvalue weighted by molar-refractivity contribution is 14.1. The molecule has 3 heteroatoms. The van der Waals surface area contributed by atoms with Crippen molar-refractivity contribution in [3.63, 3.8) is 0 Å². The van der Waals surface area contributed by atoms with Crippen molar-refractivity contribution in [2.45, 2.75) is 97.0 Å². The van der Waals surface area contributed by atoms with Gasteiger partial charge in [-0.2, -0.15) is 0 Å². The van der Waals surface area contributed by atoms with Gasteiger partial charge in [0.05, 0.1) is 0 Å². The maximum atomic E-state index is 12.7. The number of rotatable bonds is 8. The molecule has 0 spiro atoms. The van der Waals surface area contributed by atoms with Crippen LogP contribution in [-0.4, -0.2) is 14.9 Å². The summed E-state index contributed by atoms with van der Waals surface area (Å²) in [5.74, 6) is 0.178. The molecule has 0 saturated carbocycles. The van der Waals surface area contributed by atoms with Crippen molar-refractivity contribution in [1.82, 2.24) is 5.32 Å². The third kappa shape index (κ3) is 7.85. The number of carbonyl (C=O) groups is 1. The van der Waals surface area contributed by atoms with Gasteiger partial charge in [0, 0.05) is 14.4 Å². The zero-order valence-electron chi connectivity index (χ0n) is 15.6. The third-order valence-electron chi connectivity index (χ3n) is 4.49. The third-order valence-corrected chi connectivity index (χ3v) is 5.64. The molecule has 0 rings (SSSR count). The normalized spacial score (nSPS) is 16.5. The molecule has 1 unspecified atom stereocenters. The van der Waals surface area contributed by atoms with E-state index < -0.39 is 0 Å². The van der Waals surface area contributed by atoms with Crippen LogP contribution in [0.5, 0.6) is 0 Å². The fourth-order valence-electron chi connectivity index (χ4n) is 2.97. The molecule has 0 radical (unpaired) electrons. The highest BCUT2D eigenvalue weighted by Gasteiger charge is 2.37. The molecular formula is C18H36INO. The van der Waals surface area contributed by atoms with Crippen LogP contribution in [0.1, 0.15) is 88.0 Å². The zero-order valence-corrected chi connectivity index (χ0v) is 17.8. The highest BCUT2D eigenvalue weighted by Crippen LogP contribution is 2.37. The standard InChI is InChI=1S/C18H36INO/c1-10-15(3,4)12-16(5,6)14(21)20-17(7,8)13-18(9,19)11-2/h10-13H2,1-9H3,(H,20,21). The van der Waals surface area contributed by atoms with E-state index in [1.54, 1.807) is 0 Å². The number of nitrogens with one attached hydrogen (secondary N) is 1. The molecule has 0 aliphatic heterocycles. The van der Waals surface area contributed by atoms with E-state index in [1.165, 1.54) is 0 Å². The van der Waals surface area contributed by atoms with Gasteiger partial charge in [-0.05, 0) is 38.5 Å². The van der Waals surface area contributed by atoms with E-state index in [0.717, 1.165) is 25.7 Å². The Labute approximate surface area is 146 Å². The second-order valence-corrected chi connectivity index (χ2v) is 11.5. The van der Waals surface area contributed by atoms with Gasteiger partial charge in [-0.25, -0.2) is 0 Å². The van der Waals surface area contributed by atoms with Crippen molar-refractivity contribution in [2.24, 2.45) is 10.8 Å². The molecule has 0 aromatic rings. The van der Waals surface area contributed by atoms with Crippen LogP contribution >= 0.6 is 22.6 Å². The molecule has 1 amide bonds. The Kier molecular flexibility index (Phi) is 7.25. The number of amides is 1. The Morgan fingerprint density at radius 2 is 1.38 bits per heavy atom. The SMILES string of the molecule is CCC(C)(C)CC(C)(C)C(=O)NC(C)(C)CC(C)(I)CC. The molecule has 1 N–H and O–H groups in total.